The van der Waals surface area contributed by atoms with Gasteiger partial charge in [-0.25, -0.2) is 9.97 Å². The molecule has 0 aliphatic rings. The van der Waals surface area contributed by atoms with Crippen molar-refractivity contribution in [1.82, 2.24) is 14.5 Å². The molecule has 3 aromatic heterocycles. The molecule has 0 fully saturated rings. The van der Waals surface area contributed by atoms with Gasteiger partial charge in [-0.2, -0.15) is 0 Å². The maximum absolute atomic E-state index is 6.22. The second-order valence-corrected chi connectivity index (χ2v) is 12.7. The van der Waals surface area contributed by atoms with Gasteiger partial charge < -0.3 is 8.98 Å². The van der Waals surface area contributed by atoms with E-state index in [4.69, 9.17) is 4.42 Å². The van der Waals surface area contributed by atoms with Gasteiger partial charge in [-0.05, 0) is 81.9 Å². The van der Waals surface area contributed by atoms with Gasteiger partial charge >= 0.3 is 0 Å². The molecule has 7 aromatic carbocycles. The highest BCUT2D eigenvalue weighted by Crippen LogP contribution is 2.38. The van der Waals surface area contributed by atoms with Gasteiger partial charge in [0.05, 0.1) is 11.0 Å². The Hall–Kier alpha value is -6.78. The first-order valence-electron chi connectivity index (χ1n) is 16.8. The largest absolute Gasteiger partial charge is 0.452 e. The highest BCUT2D eigenvalue weighted by molar-refractivity contribution is 6.12. The number of hydrogen-bond acceptors (Lipinski definition) is 3. The summed E-state index contributed by atoms with van der Waals surface area (Å²) in [5, 5.41) is 3.46. The Kier molecular flexibility index (Phi) is 6.46. The van der Waals surface area contributed by atoms with Crippen LogP contribution in [0.5, 0.6) is 0 Å². The van der Waals surface area contributed by atoms with E-state index >= 15 is 0 Å². The maximum atomic E-state index is 6.22. The summed E-state index contributed by atoms with van der Waals surface area (Å²) in [5.74, 6) is 0. The lowest BCUT2D eigenvalue weighted by atomic mass is 10.0. The van der Waals surface area contributed by atoms with Crippen LogP contribution >= 0.6 is 0 Å². The minimum Gasteiger partial charge on any atom is -0.452 e. The minimum atomic E-state index is 0.709. The van der Waals surface area contributed by atoms with Crippen molar-refractivity contribution in [3.8, 4) is 50.3 Å². The van der Waals surface area contributed by atoms with Crippen molar-refractivity contribution in [2.75, 3.05) is 0 Å². The van der Waals surface area contributed by atoms with Crippen LogP contribution in [0.25, 0.3) is 94.2 Å². The van der Waals surface area contributed by atoms with E-state index in [1.54, 1.807) is 6.33 Å². The summed E-state index contributed by atoms with van der Waals surface area (Å²) >= 11 is 0. The van der Waals surface area contributed by atoms with Gasteiger partial charge in [0, 0.05) is 27.4 Å². The third-order valence-electron chi connectivity index (χ3n) is 9.73. The number of benzene rings is 7. The average Bonchev–Trinajstić information content (AvgIpc) is 3.74. The van der Waals surface area contributed by atoms with Crippen LogP contribution in [0.1, 0.15) is 0 Å². The van der Waals surface area contributed by atoms with Crippen LogP contribution in [0.4, 0.5) is 0 Å². The zero-order valence-electron chi connectivity index (χ0n) is 27.0. The predicted octanol–water partition coefficient (Wildman–Crippen LogP) is 12.1. The van der Waals surface area contributed by atoms with E-state index in [2.05, 4.69) is 160 Å². The summed E-state index contributed by atoms with van der Waals surface area (Å²) in [6.07, 6.45) is 1.62. The molecule has 4 heteroatoms. The molecule has 50 heavy (non-hydrogen) atoms. The Balaban J connectivity index is 1.09. The van der Waals surface area contributed by atoms with E-state index in [1.807, 2.05) is 24.3 Å². The molecule has 0 unspecified atom stereocenters. The van der Waals surface area contributed by atoms with E-state index in [-0.39, 0.29) is 0 Å². The fourth-order valence-corrected chi connectivity index (χ4v) is 7.30. The Morgan fingerprint density at radius 1 is 0.400 bits per heavy atom. The molecule has 0 saturated heterocycles. The Labute approximate surface area is 288 Å². The SMILES string of the molecule is c1ccc(-c2ccc3c(c2)c2cc(-c4ccccc4)ccc2n3-c2cccc(-c3ccc(-c4ncnc5c4oc4ccccc45)cc3)c2)cc1. The smallest absolute Gasteiger partial charge is 0.180 e. The van der Waals surface area contributed by atoms with Crippen molar-refractivity contribution >= 4 is 43.9 Å². The number of fused-ring (bicyclic) bond motifs is 6. The zero-order valence-corrected chi connectivity index (χ0v) is 27.0. The molecule has 10 aromatic rings. The minimum absolute atomic E-state index is 0.709. The molecule has 0 aliphatic carbocycles. The molecule has 0 radical (unpaired) electrons. The fourth-order valence-electron chi connectivity index (χ4n) is 7.30. The van der Waals surface area contributed by atoms with E-state index in [1.165, 1.54) is 44.1 Å². The van der Waals surface area contributed by atoms with E-state index in [0.717, 1.165) is 44.6 Å². The first-order chi connectivity index (χ1) is 24.8. The zero-order chi connectivity index (χ0) is 33.0. The van der Waals surface area contributed by atoms with Gasteiger partial charge in [-0.15, -0.1) is 0 Å². The molecule has 4 nitrogen and oxygen atoms in total. The molecular weight excluding hydrogens is 611 g/mol. The lowest BCUT2D eigenvalue weighted by Crippen LogP contribution is -1.94. The van der Waals surface area contributed by atoms with Crippen molar-refractivity contribution in [2.45, 2.75) is 0 Å². The van der Waals surface area contributed by atoms with Crippen LogP contribution in [0.3, 0.4) is 0 Å². The molecule has 10 rings (SSSR count). The third-order valence-corrected chi connectivity index (χ3v) is 9.73. The molecule has 234 valence electrons. The summed E-state index contributed by atoms with van der Waals surface area (Å²) in [7, 11) is 0. The molecule has 0 aliphatic heterocycles. The Morgan fingerprint density at radius 3 is 1.62 bits per heavy atom. The van der Waals surface area contributed by atoms with Crippen LogP contribution in [0.15, 0.2) is 181 Å². The second kappa shape index (κ2) is 11.4. The first-order valence-corrected chi connectivity index (χ1v) is 16.8. The van der Waals surface area contributed by atoms with Crippen molar-refractivity contribution < 1.29 is 4.42 Å². The number of aromatic nitrogens is 3. The maximum Gasteiger partial charge on any atom is 0.180 e. The van der Waals surface area contributed by atoms with Crippen LogP contribution in [-0.4, -0.2) is 14.5 Å². The van der Waals surface area contributed by atoms with Gasteiger partial charge in [-0.3, -0.25) is 0 Å². The van der Waals surface area contributed by atoms with Crippen molar-refractivity contribution in [3.05, 3.63) is 176 Å². The molecule has 0 saturated carbocycles. The fraction of sp³-hybridized carbons (Fsp3) is 0. The first kappa shape index (κ1) is 28.3. The van der Waals surface area contributed by atoms with Gasteiger partial charge in [-0.1, -0.05) is 121 Å². The van der Waals surface area contributed by atoms with Gasteiger partial charge in [0.1, 0.15) is 23.1 Å². The number of furan rings is 1. The Morgan fingerprint density at radius 2 is 0.940 bits per heavy atom. The van der Waals surface area contributed by atoms with E-state index in [0.29, 0.717) is 5.58 Å². The standard InChI is InChI=1S/C46H29N3O/c1-3-10-30(11-4-1)35-22-24-41-39(27-35)40-28-36(31-12-5-2-6-13-31)23-25-42(40)49(41)37-15-9-14-34(26-37)32-18-20-33(21-19-32)44-46-45(48-29-47-44)38-16-7-8-17-43(38)50-46/h1-29H. The second-order valence-electron chi connectivity index (χ2n) is 12.7. The summed E-state index contributed by atoms with van der Waals surface area (Å²) in [5.41, 5.74) is 14.7. The topological polar surface area (TPSA) is 43.9 Å². The molecule has 0 spiro atoms. The van der Waals surface area contributed by atoms with Crippen LogP contribution in [-0.2, 0) is 0 Å². The average molecular weight is 640 g/mol. The predicted molar refractivity (Wildman–Crippen MR) is 205 cm³/mol. The number of nitrogens with zero attached hydrogens (tertiary/aromatic N) is 3. The lowest BCUT2D eigenvalue weighted by Gasteiger charge is -2.11. The molecule has 0 amide bonds. The normalized spacial score (nSPS) is 11.6. The lowest BCUT2D eigenvalue weighted by molar-refractivity contribution is 0.667. The van der Waals surface area contributed by atoms with Crippen molar-refractivity contribution in [3.63, 3.8) is 0 Å². The summed E-state index contributed by atoms with van der Waals surface area (Å²) < 4.78 is 8.61. The number of hydrogen-bond donors (Lipinski definition) is 0. The highest BCUT2D eigenvalue weighted by Gasteiger charge is 2.17. The van der Waals surface area contributed by atoms with Crippen LogP contribution < -0.4 is 0 Å². The summed E-state index contributed by atoms with van der Waals surface area (Å²) in [6, 6.07) is 60.3. The van der Waals surface area contributed by atoms with Gasteiger partial charge in [0.15, 0.2) is 5.58 Å². The number of rotatable bonds is 5. The van der Waals surface area contributed by atoms with E-state index in [9.17, 15) is 0 Å². The highest BCUT2D eigenvalue weighted by atomic mass is 16.3. The monoisotopic (exact) mass is 639 g/mol. The quantitative estimate of drug-likeness (QED) is 0.188. The molecule has 0 bridgehead atoms. The van der Waals surface area contributed by atoms with Crippen LogP contribution in [0.2, 0.25) is 0 Å². The molecule has 0 N–H and O–H groups in total. The number of para-hydroxylation sites is 1. The van der Waals surface area contributed by atoms with Gasteiger partial charge in [0.25, 0.3) is 0 Å². The van der Waals surface area contributed by atoms with Gasteiger partial charge in [0.2, 0.25) is 0 Å². The summed E-state index contributed by atoms with van der Waals surface area (Å²) in [4.78, 5) is 9.15. The molecule has 0 atom stereocenters. The third kappa shape index (κ3) is 4.61. The van der Waals surface area contributed by atoms with Crippen molar-refractivity contribution in [2.24, 2.45) is 0 Å². The van der Waals surface area contributed by atoms with Crippen LogP contribution in [0, 0.1) is 0 Å². The van der Waals surface area contributed by atoms with E-state index < -0.39 is 0 Å². The summed E-state index contributed by atoms with van der Waals surface area (Å²) in [6.45, 7) is 0. The van der Waals surface area contributed by atoms with Crippen molar-refractivity contribution in [1.29, 1.82) is 0 Å². The molecule has 3 heterocycles. The Bertz CT molecular complexity index is 2750. The molecular formula is C46H29N3O.